The lowest BCUT2D eigenvalue weighted by molar-refractivity contribution is 0.252. The summed E-state index contributed by atoms with van der Waals surface area (Å²) in [6, 6.07) is 13.3. The molecule has 0 spiro atoms. The number of ether oxygens (including phenoxy) is 3. The smallest absolute Gasteiger partial charge is 0.319 e. The van der Waals surface area contributed by atoms with Crippen molar-refractivity contribution < 1.29 is 19.0 Å². The number of rotatable bonds is 8. The van der Waals surface area contributed by atoms with E-state index in [1.165, 1.54) is 26.9 Å². The topological polar surface area (TPSA) is 68.8 Å². The Morgan fingerprint density at radius 2 is 1.60 bits per heavy atom. The highest BCUT2D eigenvalue weighted by molar-refractivity contribution is 5.90. The minimum atomic E-state index is -0.276. The van der Waals surface area contributed by atoms with E-state index in [1.807, 2.05) is 18.2 Å². The van der Waals surface area contributed by atoms with Crippen molar-refractivity contribution in [3.63, 3.8) is 0 Å². The molecule has 6 nitrogen and oxygen atoms in total. The van der Waals surface area contributed by atoms with Crippen LogP contribution in [0.5, 0.6) is 17.2 Å². The maximum Gasteiger partial charge on any atom is 0.319 e. The molecule has 2 N–H and O–H groups in total. The minimum Gasteiger partial charge on any atom is -0.493 e. The number of benzene rings is 2. The van der Waals surface area contributed by atoms with E-state index in [4.69, 9.17) is 14.2 Å². The van der Waals surface area contributed by atoms with Gasteiger partial charge in [-0.05, 0) is 18.4 Å². The van der Waals surface area contributed by atoms with Gasteiger partial charge in [0.25, 0.3) is 0 Å². The quantitative estimate of drug-likeness (QED) is 0.720. The number of hydrogen-bond acceptors (Lipinski definition) is 4. The standard InChI is InChI=1S/C19H24N2O4/c1-23-16-12-15(13-17(24-2)18(16)25-3)21-19(22)20-11-7-10-14-8-5-4-6-9-14/h4-6,8-9,12-13H,7,10-11H2,1-3H3,(H2,20,21,22). The summed E-state index contributed by atoms with van der Waals surface area (Å²) in [7, 11) is 4.60. The zero-order chi connectivity index (χ0) is 18.1. The molecule has 2 aromatic carbocycles. The summed E-state index contributed by atoms with van der Waals surface area (Å²) < 4.78 is 15.8. The van der Waals surface area contributed by atoms with Crippen LogP contribution in [0, 0.1) is 0 Å². The highest BCUT2D eigenvalue weighted by Gasteiger charge is 2.14. The van der Waals surface area contributed by atoms with Gasteiger partial charge < -0.3 is 24.8 Å². The van der Waals surface area contributed by atoms with Gasteiger partial charge in [0, 0.05) is 18.7 Å². The SMILES string of the molecule is COc1cc(NC(=O)NCCCc2ccccc2)cc(OC)c1OC. The molecule has 0 bridgehead atoms. The van der Waals surface area contributed by atoms with E-state index >= 15 is 0 Å². The van der Waals surface area contributed by atoms with Crippen molar-refractivity contribution >= 4 is 11.7 Å². The lowest BCUT2D eigenvalue weighted by Gasteiger charge is -2.15. The molecule has 0 saturated heterocycles. The van der Waals surface area contributed by atoms with Crippen molar-refractivity contribution in [2.75, 3.05) is 33.2 Å². The molecule has 2 aromatic rings. The van der Waals surface area contributed by atoms with Gasteiger partial charge in [-0.25, -0.2) is 4.79 Å². The van der Waals surface area contributed by atoms with Crippen LogP contribution in [0.25, 0.3) is 0 Å². The van der Waals surface area contributed by atoms with Crippen LogP contribution >= 0.6 is 0 Å². The van der Waals surface area contributed by atoms with Crippen molar-refractivity contribution in [2.45, 2.75) is 12.8 Å². The second-order valence-corrected chi connectivity index (χ2v) is 5.38. The summed E-state index contributed by atoms with van der Waals surface area (Å²) >= 11 is 0. The predicted molar refractivity (Wildman–Crippen MR) is 97.9 cm³/mol. The van der Waals surface area contributed by atoms with E-state index in [1.54, 1.807) is 12.1 Å². The molecule has 0 fully saturated rings. The van der Waals surface area contributed by atoms with Gasteiger partial charge in [-0.1, -0.05) is 30.3 Å². The Hall–Kier alpha value is -2.89. The number of nitrogens with one attached hydrogen (secondary N) is 2. The molecule has 0 atom stereocenters. The summed E-state index contributed by atoms with van der Waals surface area (Å²) in [5, 5.41) is 5.62. The van der Waals surface area contributed by atoms with Crippen LogP contribution in [-0.4, -0.2) is 33.9 Å². The molecule has 0 aliphatic heterocycles. The average molecular weight is 344 g/mol. The monoisotopic (exact) mass is 344 g/mol. The molecule has 0 aliphatic rings. The fraction of sp³-hybridized carbons (Fsp3) is 0.316. The van der Waals surface area contributed by atoms with Gasteiger partial charge >= 0.3 is 6.03 Å². The number of anilines is 1. The van der Waals surface area contributed by atoms with Crippen molar-refractivity contribution in [3.8, 4) is 17.2 Å². The number of aryl methyl sites for hydroxylation is 1. The first kappa shape index (κ1) is 18.4. The number of carbonyl (C=O) groups excluding carboxylic acids is 1. The van der Waals surface area contributed by atoms with Crippen LogP contribution in [0.15, 0.2) is 42.5 Å². The van der Waals surface area contributed by atoms with Crippen LogP contribution < -0.4 is 24.8 Å². The molecule has 2 rings (SSSR count). The second-order valence-electron chi connectivity index (χ2n) is 5.38. The fourth-order valence-corrected chi connectivity index (χ4v) is 2.47. The Labute approximate surface area is 148 Å². The molecule has 0 heterocycles. The molecule has 6 heteroatoms. The van der Waals surface area contributed by atoms with Gasteiger partial charge in [-0.2, -0.15) is 0 Å². The van der Waals surface area contributed by atoms with E-state index in [-0.39, 0.29) is 6.03 Å². The molecule has 0 saturated carbocycles. The van der Waals surface area contributed by atoms with Crippen LogP contribution in [0.2, 0.25) is 0 Å². The number of hydrogen-bond donors (Lipinski definition) is 2. The van der Waals surface area contributed by atoms with Crippen LogP contribution in [0.4, 0.5) is 10.5 Å². The van der Waals surface area contributed by atoms with E-state index in [2.05, 4.69) is 22.8 Å². The van der Waals surface area contributed by atoms with E-state index in [9.17, 15) is 4.79 Å². The zero-order valence-electron chi connectivity index (χ0n) is 14.8. The third-order valence-corrected chi connectivity index (χ3v) is 3.69. The van der Waals surface area contributed by atoms with Gasteiger partial charge in [0.05, 0.1) is 27.0 Å². The maximum absolute atomic E-state index is 12.0. The lowest BCUT2D eigenvalue weighted by atomic mass is 10.1. The summed E-state index contributed by atoms with van der Waals surface area (Å²) in [5.41, 5.74) is 1.82. The summed E-state index contributed by atoms with van der Waals surface area (Å²) in [6.07, 6.45) is 1.79. The van der Waals surface area contributed by atoms with Crippen molar-refractivity contribution in [2.24, 2.45) is 0 Å². The van der Waals surface area contributed by atoms with Crippen molar-refractivity contribution in [1.29, 1.82) is 0 Å². The molecular formula is C19H24N2O4. The van der Waals surface area contributed by atoms with Gasteiger partial charge in [-0.15, -0.1) is 0 Å². The third kappa shape index (κ3) is 5.31. The summed E-state index contributed by atoms with van der Waals surface area (Å²) in [5.74, 6) is 1.46. The maximum atomic E-state index is 12.0. The Morgan fingerprint density at radius 3 is 2.16 bits per heavy atom. The second kappa shape index (κ2) is 9.42. The van der Waals surface area contributed by atoms with Crippen LogP contribution in [0.3, 0.4) is 0 Å². The summed E-state index contributed by atoms with van der Waals surface area (Å²) in [4.78, 5) is 12.0. The number of methoxy groups -OCH3 is 3. The molecular weight excluding hydrogens is 320 g/mol. The highest BCUT2D eigenvalue weighted by Crippen LogP contribution is 2.39. The Kier molecular flexibility index (Phi) is 6.95. The van der Waals surface area contributed by atoms with E-state index in [0.29, 0.717) is 29.5 Å². The number of amides is 2. The van der Waals surface area contributed by atoms with Crippen molar-refractivity contribution in [1.82, 2.24) is 5.32 Å². The molecule has 134 valence electrons. The minimum absolute atomic E-state index is 0.276. The van der Waals surface area contributed by atoms with Crippen molar-refractivity contribution in [3.05, 3.63) is 48.0 Å². The summed E-state index contributed by atoms with van der Waals surface area (Å²) in [6.45, 7) is 0.588. The number of urea groups is 1. The number of carbonyl (C=O) groups is 1. The predicted octanol–water partition coefficient (Wildman–Crippen LogP) is 3.47. The normalized spacial score (nSPS) is 10.0. The molecule has 0 aliphatic carbocycles. The van der Waals surface area contributed by atoms with Crippen LogP contribution in [0.1, 0.15) is 12.0 Å². The lowest BCUT2D eigenvalue weighted by Crippen LogP contribution is -2.29. The molecule has 0 aromatic heterocycles. The first-order valence-corrected chi connectivity index (χ1v) is 8.06. The molecule has 0 radical (unpaired) electrons. The largest absolute Gasteiger partial charge is 0.493 e. The fourth-order valence-electron chi connectivity index (χ4n) is 2.47. The average Bonchev–Trinajstić information content (AvgIpc) is 2.65. The molecule has 2 amide bonds. The van der Waals surface area contributed by atoms with Gasteiger partial charge in [-0.3, -0.25) is 0 Å². The molecule has 0 unspecified atom stereocenters. The Balaban J connectivity index is 1.87. The Bertz CT molecular complexity index is 664. The first-order chi connectivity index (χ1) is 12.2. The Morgan fingerprint density at radius 1 is 0.960 bits per heavy atom. The van der Waals surface area contributed by atoms with Crippen LogP contribution in [-0.2, 0) is 6.42 Å². The van der Waals surface area contributed by atoms with E-state index < -0.39 is 0 Å². The highest BCUT2D eigenvalue weighted by atomic mass is 16.5. The molecule has 25 heavy (non-hydrogen) atoms. The first-order valence-electron chi connectivity index (χ1n) is 8.06. The zero-order valence-corrected chi connectivity index (χ0v) is 14.8. The van der Waals surface area contributed by atoms with Gasteiger partial charge in [0.1, 0.15) is 0 Å². The third-order valence-electron chi connectivity index (χ3n) is 3.69. The van der Waals surface area contributed by atoms with Gasteiger partial charge in [0.15, 0.2) is 11.5 Å². The van der Waals surface area contributed by atoms with E-state index in [0.717, 1.165) is 12.8 Å². The van der Waals surface area contributed by atoms with Gasteiger partial charge in [0.2, 0.25) is 5.75 Å².